The lowest BCUT2D eigenvalue weighted by molar-refractivity contribution is 0.491. The molecule has 0 spiro atoms. The minimum absolute atomic E-state index is 0.0976. The maximum absolute atomic E-state index is 15.0. The highest BCUT2D eigenvalue weighted by Crippen LogP contribution is 2.36. The Bertz CT molecular complexity index is 1300. The maximum atomic E-state index is 15.0. The smallest absolute Gasteiger partial charge is 0.301 e. The van der Waals surface area contributed by atoms with Gasteiger partial charge in [-0.3, -0.25) is 9.52 Å². The third kappa shape index (κ3) is 3.95. The van der Waals surface area contributed by atoms with Crippen LogP contribution >= 0.6 is 11.6 Å². The van der Waals surface area contributed by atoms with E-state index in [2.05, 4.69) is 15.0 Å². The van der Waals surface area contributed by atoms with Gasteiger partial charge in [-0.15, -0.1) is 0 Å². The molecule has 8 nitrogen and oxygen atoms in total. The van der Waals surface area contributed by atoms with E-state index in [9.17, 15) is 22.0 Å². The van der Waals surface area contributed by atoms with Crippen LogP contribution in [0.3, 0.4) is 0 Å². The van der Waals surface area contributed by atoms with Crippen molar-refractivity contribution < 1.29 is 17.2 Å². The number of anilines is 3. The van der Waals surface area contributed by atoms with Crippen LogP contribution in [0.5, 0.6) is 0 Å². The maximum Gasteiger partial charge on any atom is 0.301 e. The van der Waals surface area contributed by atoms with Gasteiger partial charge in [0.15, 0.2) is 5.82 Å². The first-order valence-corrected chi connectivity index (χ1v) is 10.5. The summed E-state index contributed by atoms with van der Waals surface area (Å²) < 4.78 is 58.3. The van der Waals surface area contributed by atoms with Crippen molar-refractivity contribution in [3.8, 4) is 0 Å². The monoisotopic (exact) mass is 457 g/mol. The van der Waals surface area contributed by atoms with Crippen molar-refractivity contribution in [3.05, 3.63) is 57.6 Å². The average Bonchev–Trinajstić information content (AvgIpc) is 2.70. The zero-order valence-electron chi connectivity index (χ0n) is 16.2. The molecule has 3 rings (SSSR count). The first-order valence-electron chi connectivity index (χ1n) is 8.69. The molecular formula is C18H18ClF2N5O3S. The van der Waals surface area contributed by atoms with E-state index in [0.29, 0.717) is 0 Å². The number of hydrogen-bond donors (Lipinski definition) is 2. The summed E-state index contributed by atoms with van der Waals surface area (Å²) in [5, 5.41) is 1.93. The third-order valence-corrected chi connectivity index (χ3v) is 6.42. The SMILES string of the molecule is CCN(C)S(=O)(=O)Nc1ccc(F)c(Nc2ccc3ncn(C)c(=O)c3c2F)c1Cl. The van der Waals surface area contributed by atoms with Crippen molar-refractivity contribution in [3.63, 3.8) is 0 Å². The fourth-order valence-electron chi connectivity index (χ4n) is 2.62. The van der Waals surface area contributed by atoms with Gasteiger partial charge in [-0.2, -0.15) is 12.7 Å². The first-order chi connectivity index (χ1) is 14.1. The van der Waals surface area contributed by atoms with Gasteiger partial charge in [-0.1, -0.05) is 18.5 Å². The van der Waals surface area contributed by atoms with Crippen LogP contribution in [0.4, 0.5) is 25.8 Å². The summed E-state index contributed by atoms with van der Waals surface area (Å²) in [6.45, 7) is 1.84. The number of hydrogen-bond acceptors (Lipinski definition) is 5. The Morgan fingerprint density at radius 3 is 2.53 bits per heavy atom. The summed E-state index contributed by atoms with van der Waals surface area (Å²) in [7, 11) is -1.13. The zero-order chi connectivity index (χ0) is 22.2. The van der Waals surface area contributed by atoms with Crippen molar-refractivity contribution in [2.75, 3.05) is 23.6 Å². The molecule has 0 aliphatic carbocycles. The summed E-state index contributed by atoms with van der Waals surface area (Å²) in [5.41, 5.74) is -1.15. The van der Waals surface area contributed by atoms with Gasteiger partial charge in [0, 0.05) is 20.6 Å². The standard InChI is InChI=1S/C18H18ClF2N5O3S/c1-4-26(3)30(28,29)24-12-6-5-10(20)17(15(12)19)23-13-8-7-11-14(16(13)21)18(27)25(2)9-22-11/h5-9,23-24H,4H2,1-3H3. The van der Waals surface area contributed by atoms with Crippen LogP contribution in [0, 0.1) is 11.6 Å². The number of fused-ring (bicyclic) bond motifs is 1. The molecule has 0 bridgehead atoms. The molecule has 0 amide bonds. The number of aryl methyl sites for hydroxylation is 1. The second-order valence-corrected chi connectivity index (χ2v) is 8.57. The van der Waals surface area contributed by atoms with Gasteiger partial charge in [-0.25, -0.2) is 13.8 Å². The van der Waals surface area contributed by atoms with Gasteiger partial charge in [0.05, 0.1) is 33.9 Å². The number of rotatable bonds is 6. The molecule has 160 valence electrons. The molecule has 0 radical (unpaired) electrons. The summed E-state index contributed by atoms with van der Waals surface area (Å²) in [4.78, 5) is 16.2. The second kappa shape index (κ2) is 8.17. The molecule has 0 unspecified atom stereocenters. The second-order valence-electron chi connectivity index (χ2n) is 6.41. The van der Waals surface area contributed by atoms with Crippen LogP contribution in [0.2, 0.25) is 5.02 Å². The Hall–Kier alpha value is -2.76. The molecule has 30 heavy (non-hydrogen) atoms. The number of nitrogens with zero attached hydrogens (tertiary/aromatic N) is 3. The van der Waals surface area contributed by atoms with Crippen molar-refractivity contribution in [2.45, 2.75) is 6.92 Å². The normalized spacial score (nSPS) is 11.8. The zero-order valence-corrected chi connectivity index (χ0v) is 17.8. The van der Waals surface area contributed by atoms with E-state index in [-0.39, 0.29) is 39.5 Å². The predicted molar refractivity (Wildman–Crippen MR) is 112 cm³/mol. The number of benzene rings is 2. The number of aromatic nitrogens is 2. The highest BCUT2D eigenvalue weighted by atomic mass is 35.5. The molecule has 0 atom stereocenters. The van der Waals surface area contributed by atoms with Crippen LogP contribution in [0.25, 0.3) is 10.9 Å². The molecular weight excluding hydrogens is 440 g/mol. The van der Waals surface area contributed by atoms with Crippen LogP contribution in [-0.4, -0.2) is 35.9 Å². The van der Waals surface area contributed by atoms with Gasteiger partial charge >= 0.3 is 10.2 Å². The molecule has 2 N–H and O–H groups in total. The lowest BCUT2D eigenvalue weighted by Crippen LogP contribution is -2.32. The fraction of sp³-hybridized carbons (Fsp3) is 0.222. The average molecular weight is 458 g/mol. The Labute approximate surface area is 176 Å². The first kappa shape index (κ1) is 21.9. The molecule has 2 aromatic carbocycles. The topological polar surface area (TPSA) is 96.3 Å². The lowest BCUT2D eigenvalue weighted by atomic mass is 10.2. The van der Waals surface area contributed by atoms with E-state index >= 15 is 0 Å². The van der Waals surface area contributed by atoms with E-state index in [1.807, 2.05) is 0 Å². The quantitative estimate of drug-likeness (QED) is 0.592. The summed E-state index contributed by atoms with van der Waals surface area (Å²) in [5.74, 6) is -1.78. The van der Waals surface area contributed by atoms with Crippen LogP contribution in [-0.2, 0) is 17.3 Å². The van der Waals surface area contributed by atoms with E-state index < -0.39 is 27.4 Å². The highest BCUT2D eigenvalue weighted by molar-refractivity contribution is 7.90. The fourth-order valence-corrected chi connectivity index (χ4v) is 3.87. The number of halogens is 3. The molecule has 0 aliphatic rings. The van der Waals surface area contributed by atoms with Crippen LogP contribution in [0.1, 0.15) is 6.92 Å². The van der Waals surface area contributed by atoms with E-state index in [1.54, 1.807) is 6.92 Å². The summed E-state index contributed by atoms with van der Waals surface area (Å²) in [6.07, 6.45) is 1.26. The number of nitrogens with one attached hydrogen (secondary N) is 2. The Morgan fingerprint density at radius 2 is 1.87 bits per heavy atom. The molecule has 1 aromatic heterocycles. The van der Waals surface area contributed by atoms with E-state index in [4.69, 9.17) is 11.6 Å². The predicted octanol–water partition coefficient (Wildman–Crippen LogP) is 3.22. The molecule has 1 heterocycles. The Kier molecular flexibility index (Phi) is 5.97. The van der Waals surface area contributed by atoms with Gasteiger partial charge in [-0.05, 0) is 24.3 Å². The minimum atomic E-state index is -3.91. The van der Waals surface area contributed by atoms with Gasteiger partial charge in [0.25, 0.3) is 5.56 Å². The van der Waals surface area contributed by atoms with Crippen molar-refractivity contribution >= 4 is 49.8 Å². The van der Waals surface area contributed by atoms with E-state index in [0.717, 1.165) is 21.0 Å². The lowest BCUT2D eigenvalue weighted by Gasteiger charge is -2.19. The molecule has 0 aliphatic heterocycles. The van der Waals surface area contributed by atoms with Crippen molar-refractivity contribution in [1.29, 1.82) is 0 Å². The van der Waals surface area contributed by atoms with Gasteiger partial charge in [0.2, 0.25) is 0 Å². The van der Waals surface area contributed by atoms with Crippen molar-refractivity contribution in [1.82, 2.24) is 13.9 Å². The van der Waals surface area contributed by atoms with Crippen molar-refractivity contribution in [2.24, 2.45) is 7.05 Å². The molecule has 0 saturated heterocycles. The van der Waals surface area contributed by atoms with E-state index in [1.165, 1.54) is 32.6 Å². The largest absolute Gasteiger partial charge is 0.349 e. The Balaban J connectivity index is 2.07. The molecule has 12 heteroatoms. The van der Waals surface area contributed by atoms with Crippen LogP contribution < -0.4 is 15.6 Å². The minimum Gasteiger partial charge on any atom is -0.349 e. The van der Waals surface area contributed by atoms with Gasteiger partial charge in [0.1, 0.15) is 11.2 Å². The molecule has 0 saturated carbocycles. The van der Waals surface area contributed by atoms with Gasteiger partial charge < -0.3 is 9.88 Å². The third-order valence-electron chi connectivity index (χ3n) is 4.47. The molecule has 0 fully saturated rings. The van der Waals surface area contributed by atoms with Crippen LogP contribution in [0.15, 0.2) is 35.4 Å². The summed E-state index contributed by atoms with van der Waals surface area (Å²) in [6, 6.07) is 4.82. The molecule has 3 aromatic rings. The highest BCUT2D eigenvalue weighted by Gasteiger charge is 2.21. The Morgan fingerprint density at radius 1 is 1.20 bits per heavy atom. The summed E-state index contributed by atoms with van der Waals surface area (Å²) >= 11 is 6.20.